The molecule has 86 valence electrons. The van der Waals surface area contributed by atoms with E-state index in [1.165, 1.54) is 11.1 Å². The number of aryl methyl sites for hydroxylation is 1. The average Bonchev–Trinajstić information content (AvgIpc) is 2.28. The van der Waals surface area contributed by atoms with E-state index >= 15 is 0 Å². The zero-order valence-corrected chi connectivity index (χ0v) is 10.6. The highest BCUT2D eigenvalue weighted by Gasteiger charge is 2.02. The minimum Gasteiger partial charge on any atom is -0.0848 e. The van der Waals surface area contributed by atoms with E-state index in [0.29, 0.717) is 5.92 Å². The van der Waals surface area contributed by atoms with Crippen molar-refractivity contribution in [2.45, 2.75) is 39.5 Å². The van der Waals surface area contributed by atoms with Gasteiger partial charge in [-0.1, -0.05) is 68.0 Å². The molecule has 0 aliphatic rings. The molecule has 16 heavy (non-hydrogen) atoms. The van der Waals surface area contributed by atoms with Crippen molar-refractivity contribution in [3.63, 3.8) is 0 Å². The van der Waals surface area contributed by atoms with Crippen LogP contribution in [-0.4, -0.2) is 0 Å². The molecule has 0 aromatic heterocycles. The minimum atomic E-state index is 0.603. The van der Waals surface area contributed by atoms with Crippen LogP contribution < -0.4 is 0 Å². The molecule has 0 bridgehead atoms. The Bertz CT molecular complexity index is 358. The predicted molar refractivity (Wildman–Crippen MR) is 72.8 cm³/mol. The predicted octanol–water partition coefficient (Wildman–Crippen LogP) is 5.01. The summed E-state index contributed by atoms with van der Waals surface area (Å²) in [5.41, 5.74) is 2.78. The van der Waals surface area contributed by atoms with Crippen LogP contribution in [0, 0.1) is 6.92 Å². The Balaban J connectivity index is 2.49. The fourth-order valence-corrected chi connectivity index (χ4v) is 1.69. The molecule has 0 aliphatic heterocycles. The normalized spacial score (nSPS) is 13.7. The third kappa shape index (κ3) is 4.48. The van der Waals surface area contributed by atoms with Gasteiger partial charge in [0.1, 0.15) is 0 Å². The number of benzene rings is 1. The summed E-state index contributed by atoms with van der Waals surface area (Å²) in [5.74, 6) is 0.603. The molecule has 1 unspecified atom stereocenters. The van der Waals surface area contributed by atoms with Crippen LogP contribution in [0.4, 0.5) is 0 Å². The van der Waals surface area contributed by atoms with Gasteiger partial charge in [0.25, 0.3) is 0 Å². The van der Waals surface area contributed by atoms with Crippen molar-refractivity contribution in [1.29, 1.82) is 0 Å². The van der Waals surface area contributed by atoms with Crippen LogP contribution in [0.15, 0.2) is 48.6 Å². The van der Waals surface area contributed by atoms with Gasteiger partial charge in [-0.15, -0.1) is 0 Å². The number of hydrogen-bond acceptors (Lipinski definition) is 0. The maximum Gasteiger partial charge on any atom is -0.0156 e. The molecule has 1 atom stereocenters. The Morgan fingerprint density at radius 3 is 2.62 bits per heavy atom. The fraction of sp³-hybridized carbons (Fsp3) is 0.375. The van der Waals surface area contributed by atoms with Crippen LogP contribution in [0.25, 0.3) is 0 Å². The summed E-state index contributed by atoms with van der Waals surface area (Å²) < 4.78 is 0. The monoisotopic (exact) mass is 214 g/mol. The topological polar surface area (TPSA) is 0 Å². The van der Waals surface area contributed by atoms with Crippen LogP contribution in [-0.2, 0) is 0 Å². The van der Waals surface area contributed by atoms with Gasteiger partial charge >= 0.3 is 0 Å². The zero-order chi connectivity index (χ0) is 11.8. The van der Waals surface area contributed by atoms with Crippen molar-refractivity contribution in [2.24, 2.45) is 0 Å². The fourth-order valence-electron chi connectivity index (χ4n) is 1.69. The number of hydrogen-bond donors (Lipinski definition) is 0. The first kappa shape index (κ1) is 12.8. The lowest BCUT2D eigenvalue weighted by Crippen LogP contribution is -1.91. The van der Waals surface area contributed by atoms with E-state index in [1.807, 2.05) is 0 Å². The Hall–Kier alpha value is -1.30. The maximum atomic E-state index is 2.28. The molecule has 0 N–H and O–H groups in total. The molecular formula is C16H22. The van der Waals surface area contributed by atoms with Crippen molar-refractivity contribution in [3.8, 4) is 0 Å². The molecule has 0 heterocycles. The summed E-state index contributed by atoms with van der Waals surface area (Å²) in [6.07, 6.45) is 10.9. The summed E-state index contributed by atoms with van der Waals surface area (Å²) in [6.45, 7) is 6.58. The second kappa shape index (κ2) is 7.05. The Morgan fingerprint density at radius 1 is 1.19 bits per heavy atom. The SMILES string of the molecule is CCC=CC=CCC(C)c1cccc(C)c1. The first-order chi connectivity index (χ1) is 7.74. The minimum absolute atomic E-state index is 0.603. The smallest absolute Gasteiger partial charge is 0.0156 e. The van der Waals surface area contributed by atoms with Gasteiger partial charge in [0.05, 0.1) is 0 Å². The lowest BCUT2D eigenvalue weighted by atomic mass is 9.96. The largest absolute Gasteiger partial charge is 0.0848 e. The second-order valence-corrected chi connectivity index (χ2v) is 4.32. The Morgan fingerprint density at radius 2 is 1.94 bits per heavy atom. The van der Waals surface area contributed by atoms with E-state index < -0.39 is 0 Å². The number of rotatable bonds is 5. The van der Waals surface area contributed by atoms with Crippen molar-refractivity contribution >= 4 is 0 Å². The van der Waals surface area contributed by atoms with Gasteiger partial charge in [-0.3, -0.25) is 0 Å². The Labute approximate surface area is 99.7 Å². The van der Waals surface area contributed by atoms with Crippen LogP contribution >= 0.6 is 0 Å². The summed E-state index contributed by atoms with van der Waals surface area (Å²) in [5, 5.41) is 0. The molecule has 1 aromatic rings. The molecule has 0 saturated carbocycles. The van der Waals surface area contributed by atoms with Gasteiger partial charge in [0, 0.05) is 0 Å². The lowest BCUT2D eigenvalue weighted by molar-refractivity contribution is 0.779. The molecule has 0 fully saturated rings. The number of allylic oxidation sites excluding steroid dienone is 4. The average molecular weight is 214 g/mol. The molecule has 0 heteroatoms. The molecule has 0 spiro atoms. The summed E-state index contributed by atoms with van der Waals surface area (Å²) >= 11 is 0. The van der Waals surface area contributed by atoms with Crippen molar-refractivity contribution in [3.05, 3.63) is 59.7 Å². The Kier molecular flexibility index (Phi) is 5.63. The van der Waals surface area contributed by atoms with Gasteiger partial charge in [-0.05, 0) is 31.2 Å². The maximum absolute atomic E-state index is 2.28. The molecule has 0 nitrogen and oxygen atoms in total. The van der Waals surface area contributed by atoms with Crippen molar-refractivity contribution in [1.82, 2.24) is 0 Å². The second-order valence-electron chi connectivity index (χ2n) is 4.32. The molecule has 0 radical (unpaired) electrons. The molecular weight excluding hydrogens is 192 g/mol. The molecule has 0 amide bonds. The van der Waals surface area contributed by atoms with Gasteiger partial charge in [-0.25, -0.2) is 0 Å². The van der Waals surface area contributed by atoms with E-state index in [-0.39, 0.29) is 0 Å². The first-order valence-corrected chi connectivity index (χ1v) is 6.12. The summed E-state index contributed by atoms with van der Waals surface area (Å²) in [7, 11) is 0. The summed E-state index contributed by atoms with van der Waals surface area (Å²) in [6, 6.07) is 8.78. The first-order valence-electron chi connectivity index (χ1n) is 6.12. The van der Waals surface area contributed by atoms with Crippen LogP contribution in [0.2, 0.25) is 0 Å². The van der Waals surface area contributed by atoms with E-state index in [2.05, 4.69) is 69.3 Å². The van der Waals surface area contributed by atoms with Gasteiger partial charge in [0.15, 0.2) is 0 Å². The zero-order valence-electron chi connectivity index (χ0n) is 10.6. The van der Waals surface area contributed by atoms with Gasteiger partial charge < -0.3 is 0 Å². The van der Waals surface area contributed by atoms with E-state index in [0.717, 1.165) is 12.8 Å². The van der Waals surface area contributed by atoms with Crippen LogP contribution in [0.1, 0.15) is 43.7 Å². The van der Waals surface area contributed by atoms with E-state index in [1.54, 1.807) is 0 Å². The lowest BCUT2D eigenvalue weighted by Gasteiger charge is -2.09. The standard InChI is InChI=1S/C16H22/c1-4-5-6-7-8-11-15(3)16-12-9-10-14(2)13-16/h5-10,12-13,15H,4,11H2,1-3H3. The highest BCUT2D eigenvalue weighted by atomic mass is 14.1. The van der Waals surface area contributed by atoms with Gasteiger partial charge in [0.2, 0.25) is 0 Å². The summed E-state index contributed by atoms with van der Waals surface area (Å²) in [4.78, 5) is 0. The third-order valence-corrected chi connectivity index (χ3v) is 2.72. The van der Waals surface area contributed by atoms with E-state index in [4.69, 9.17) is 0 Å². The van der Waals surface area contributed by atoms with Crippen LogP contribution in [0.3, 0.4) is 0 Å². The third-order valence-electron chi connectivity index (χ3n) is 2.72. The van der Waals surface area contributed by atoms with E-state index in [9.17, 15) is 0 Å². The quantitative estimate of drug-likeness (QED) is 0.604. The van der Waals surface area contributed by atoms with Crippen LogP contribution in [0.5, 0.6) is 0 Å². The molecule has 0 aliphatic carbocycles. The van der Waals surface area contributed by atoms with Gasteiger partial charge in [-0.2, -0.15) is 0 Å². The van der Waals surface area contributed by atoms with Crippen molar-refractivity contribution < 1.29 is 0 Å². The molecule has 1 aromatic carbocycles. The van der Waals surface area contributed by atoms with Crippen molar-refractivity contribution in [2.75, 3.05) is 0 Å². The highest BCUT2D eigenvalue weighted by Crippen LogP contribution is 2.20. The molecule has 1 rings (SSSR count). The molecule has 0 saturated heterocycles. The highest BCUT2D eigenvalue weighted by molar-refractivity contribution is 5.25.